The summed E-state index contributed by atoms with van der Waals surface area (Å²) < 4.78 is 5.49. The van der Waals surface area contributed by atoms with Gasteiger partial charge in [0.15, 0.2) is 6.10 Å². The molecule has 0 spiro atoms. The SMILES string of the molecule is C[C@@H]1Oc2ccc(NC(=O)C[C@H]3Sc4ccc(Cl)cc4NC3=O)cc2NC1=O. The molecule has 0 fully saturated rings. The van der Waals surface area contributed by atoms with Crippen LogP contribution in [0.2, 0.25) is 5.02 Å². The molecule has 2 aliphatic heterocycles. The van der Waals surface area contributed by atoms with Crippen LogP contribution >= 0.6 is 23.4 Å². The molecule has 0 saturated heterocycles. The van der Waals surface area contributed by atoms with Gasteiger partial charge in [-0.3, -0.25) is 14.4 Å². The quantitative estimate of drug-likeness (QED) is 0.710. The van der Waals surface area contributed by atoms with Crippen LogP contribution in [0, 0.1) is 0 Å². The lowest BCUT2D eigenvalue weighted by Crippen LogP contribution is -2.34. The lowest BCUT2D eigenvalue weighted by Gasteiger charge is -2.24. The molecular formula is C19H16ClN3O4S. The third-order valence-corrected chi connectivity index (χ3v) is 5.84. The summed E-state index contributed by atoms with van der Waals surface area (Å²) >= 11 is 7.27. The van der Waals surface area contributed by atoms with Crippen molar-refractivity contribution in [3.05, 3.63) is 41.4 Å². The zero-order chi connectivity index (χ0) is 19.8. The van der Waals surface area contributed by atoms with Crippen molar-refractivity contribution in [1.82, 2.24) is 0 Å². The van der Waals surface area contributed by atoms with Crippen molar-refractivity contribution < 1.29 is 19.1 Å². The van der Waals surface area contributed by atoms with E-state index in [-0.39, 0.29) is 24.1 Å². The Balaban J connectivity index is 1.42. The van der Waals surface area contributed by atoms with E-state index in [1.165, 1.54) is 11.8 Å². The number of amides is 3. The fourth-order valence-electron chi connectivity index (χ4n) is 2.92. The summed E-state index contributed by atoms with van der Waals surface area (Å²) in [4.78, 5) is 37.3. The van der Waals surface area contributed by atoms with Gasteiger partial charge < -0.3 is 20.7 Å². The molecule has 0 saturated carbocycles. The predicted molar refractivity (Wildman–Crippen MR) is 108 cm³/mol. The molecule has 7 nitrogen and oxygen atoms in total. The van der Waals surface area contributed by atoms with Crippen molar-refractivity contribution in [2.75, 3.05) is 16.0 Å². The van der Waals surface area contributed by atoms with Crippen LogP contribution in [-0.4, -0.2) is 29.1 Å². The molecule has 2 aliphatic rings. The summed E-state index contributed by atoms with van der Waals surface area (Å²) in [6, 6.07) is 10.2. The van der Waals surface area contributed by atoms with Gasteiger partial charge >= 0.3 is 0 Å². The van der Waals surface area contributed by atoms with E-state index < -0.39 is 11.4 Å². The van der Waals surface area contributed by atoms with Crippen molar-refractivity contribution in [3.63, 3.8) is 0 Å². The van der Waals surface area contributed by atoms with Gasteiger partial charge in [-0.25, -0.2) is 0 Å². The average Bonchev–Trinajstić information content (AvgIpc) is 2.64. The van der Waals surface area contributed by atoms with Crippen LogP contribution in [-0.2, 0) is 14.4 Å². The van der Waals surface area contributed by atoms with E-state index in [2.05, 4.69) is 16.0 Å². The minimum atomic E-state index is -0.562. The number of hydrogen-bond donors (Lipinski definition) is 3. The Kier molecular flexibility index (Phi) is 4.91. The molecule has 2 heterocycles. The minimum absolute atomic E-state index is 0.00947. The molecule has 0 bridgehead atoms. The fraction of sp³-hybridized carbons (Fsp3) is 0.211. The zero-order valence-corrected chi connectivity index (χ0v) is 16.3. The smallest absolute Gasteiger partial charge is 0.265 e. The van der Waals surface area contributed by atoms with Gasteiger partial charge in [0.25, 0.3) is 5.91 Å². The molecule has 144 valence electrons. The molecule has 2 aromatic rings. The number of thioether (sulfide) groups is 1. The highest BCUT2D eigenvalue weighted by Gasteiger charge is 2.29. The van der Waals surface area contributed by atoms with Crippen LogP contribution in [0.4, 0.5) is 17.1 Å². The summed E-state index contributed by atoms with van der Waals surface area (Å²) in [5.41, 5.74) is 1.66. The van der Waals surface area contributed by atoms with Crippen LogP contribution in [0.1, 0.15) is 13.3 Å². The second-order valence-corrected chi connectivity index (χ2v) is 8.13. The number of anilines is 3. The van der Waals surface area contributed by atoms with E-state index in [1.54, 1.807) is 37.3 Å². The largest absolute Gasteiger partial charge is 0.479 e. The number of rotatable bonds is 3. The van der Waals surface area contributed by atoms with Gasteiger partial charge in [0.1, 0.15) is 5.75 Å². The Labute approximate surface area is 170 Å². The van der Waals surface area contributed by atoms with E-state index in [1.807, 2.05) is 6.07 Å². The molecule has 3 amide bonds. The lowest BCUT2D eigenvalue weighted by atomic mass is 10.2. The van der Waals surface area contributed by atoms with Gasteiger partial charge in [-0.15, -0.1) is 11.8 Å². The molecule has 0 radical (unpaired) electrons. The number of halogens is 1. The van der Waals surface area contributed by atoms with Crippen molar-refractivity contribution in [1.29, 1.82) is 0 Å². The van der Waals surface area contributed by atoms with Gasteiger partial charge in [0.05, 0.1) is 16.6 Å². The van der Waals surface area contributed by atoms with Crippen LogP contribution in [0.5, 0.6) is 5.75 Å². The van der Waals surface area contributed by atoms with Crippen LogP contribution in [0.3, 0.4) is 0 Å². The number of benzene rings is 2. The highest BCUT2D eigenvalue weighted by atomic mass is 35.5. The summed E-state index contributed by atoms with van der Waals surface area (Å²) in [5.74, 6) is -0.246. The molecule has 2 atom stereocenters. The summed E-state index contributed by atoms with van der Waals surface area (Å²) in [5, 5.41) is 8.26. The molecular weight excluding hydrogens is 402 g/mol. The van der Waals surface area contributed by atoms with Crippen molar-refractivity contribution in [2.24, 2.45) is 0 Å². The van der Waals surface area contributed by atoms with E-state index in [0.29, 0.717) is 27.8 Å². The molecule has 0 aromatic heterocycles. The Morgan fingerprint density at radius 3 is 2.75 bits per heavy atom. The molecule has 9 heteroatoms. The predicted octanol–water partition coefficient (Wildman–Crippen LogP) is 3.50. The summed E-state index contributed by atoms with van der Waals surface area (Å²) in [6.45, 7) is 1.66. The van der Waals surface area contributed by atoms with Crippen LogP contribution < -0.4 is 20.7 Å². The summed E-state index contributed by atoms with van der Waals surface area (Å²) in [7, 11) is 0. The van der Waals surface area contributed by atoms with Crippen molar-refractivity contribution in [3.8, 4) is 5.75 Å². The van der Waals surface area contributed by atoms with Gasteiger partial charge in [-0.1, -0.05) is 11.6 Å². The highest BCUT2D eigenvalue weighted by molar-refractivity contribution is 8.01. The third-order valence-electron chi connectivity index (χ3n) is 4.33. The number of carbonyl (C=O) groups is 3. The van der Waals surface area contributed by atoms with Crippen molar-refractivity contribution in [2.45, 2.75) is 29.6 Å². The van der Waals surface area contributed by atoms with Gasteiger partial charge in [0.2, 0.25) is 11.8 Å². The number of hydrogen-bond acceptors (Lipinski definition) is 5. The molecule has 3 N–H and O–H groups in total. The maximum atomic E-state index is 12.4. The monoisotopic (exact) mass is 417 g/mol. The van der Waals surface area contributed by atoms with Crippen molar-refractivity contribution >= 4 is 58.1 Å². The van der Waals surface area contributed by atoms with E-state index in [0.717, 1.165) is 4.90 Å². The van der Waals surface area contributed by atoms with E-state index >= 15 is 0 Å². The Bertz CT molecular complexity index is 997. The number of carbonyl (C=O) groups excluding carboxylic acids is 3. The Hall–Kier alpha value is -2.71. The van der Waals surface area contributed by atoms with E-state index in [9.17, 15) is 14.4 Å². The van der Waals surface area contributed by atoms with Gasteiger partial charge in [-0.2, -0.15) is 0 Å². The van der Waals surface area contributed by atoms with Crippen LogP contribution in [0.25, 0.3) is 0 Å². The lowest BCUT2D eigenvalue weighted by molar-refractivity contribution is -0.122. The minimum Gasteiger partial charge on any atom is -0.479 e. The fourth-order valence-corrected chi connectivity index (χ4v) is 4.19. The molecule has 0 unspecified atom stereocenters. The second kappa shape index (κ2) is 7.37. The second-order valence-electron chi connectivity index (χ2n) is 6.45. The number of ether oxygens (including phenoxy) is 1. The first-order valence-corrected chi connectivity index (χ1v) is 9.83. The normalized spacial score (nSPS) is 20.2. The molecule has 28 heavy (non-hydrogen) atoms. The maximum Gasteiger partial charge on any atom is 0.265 e. The highest BCUT2D eigenvalue weighted by Crippen LogP contribution is 2.38. The van der Waals surface area contributed by atoms with E-state index in [4.69, 9.17) is 16.3 Å². The zero-order valence-electron chi connectivity index (χ0n) is 14.7. The van der Waals surface area contributed by atoms with Gasteiger partial charge in [-0.05, 0) is 43.3 Å². The number of nitrogens with one attached hydrogen (secondary N) is 3. The molecule has 2 aromatic carbocycles. The summed E-state index contributed by atoms with van der Waals surface area (Å²) in [6.07, 6.45) is -0.553. The maximum absolute atomic E-state index is 12.4. The third kappa shape index (κ3) is 3.79. The average molecular weight is 418 g/mol. The molecule has 4 rings (SSSR count). The molecule has 0 aliphatic carbocycles. The first kappa shape index (κ1) is 18.6. The van der Waals surface area contributed by atoms with Gasteiger partial charge in [0, 0.05) is 22.0 Å². The Morgan fingerprint density at radius 2 is 1.93 bits per heavy atom. The van der Waals surface area contributed by atoms with Crippen LogP contribution in [0.15, 0.2) is 41.3 Å². The Morgan fingerprint density at radius 1 is 1.14 bits per heavy atom. The standard InChI is InChI=1S/C19H16ClN3O4S/c1-9-18(25)22-12-7-11(3-4-14(12)27-9)21-17(24)8-16-19(26)23-13-6-10(20)2-5-15(13)28-16/h2-7,9,16H,8H2,1H3,(H,21,24)(H,22,25)(H,23,26)/t9-,16+/m0/s1. The topological polar surface area (TPSA) is 96.5 Å². The first-order valence-electron chi connectivity index (χ1n) is 8.57. The number of fused-ring (bicyclic) bond motifs is 2. The first-order chi connectivity index (χ1) is 13.4.